The highest BCUT2D eigenvalue weighted by Crippen LogP contribution is 2.31. The van der Waals surface area contributed by atoms with E-state index in [1.165, 1.54) is 22.0 Å². The molecule has 0 fully saturated rings. The maximum atomic E-state index is 5.94. The number of nitrogen functional groups attached to an aromatic ring is 1. The molecule has 2 aromatic heterocycles. The molecule has 0 amide bonds. The van der Waals surface area contributed by atoms with Crippen molar-refractivity contribution < 1.29 is 0 Å². The van der Waals surface area contributed by atoms with Crippen LogP contribution in [0.15, 0.2) is 60.8 Å². The first-order valence-electron chi connectivity index (χ1n) is 7.52. The van der Waals surface area contributed by atoms with E-state index in [0.717, 1.165) is 23.4 Å². The topological polar surface area (TPSA) is 43.3 Å². The number of aromatic nitrogens is 2. The third-order valence-corrected chi connectivity index (χ3v) is 4.12. The van der Waals surface area contributed by atoms with Gasteiger partial charge in [0.05, 0.1) is 11.4 Å². The third-order valence-electron chi connectivity index (χ3n) is 4.12. The van der Waals surface area contributed by atoms with Crippen molar-refractivity contribution in [1.82, 2.24) is 9.38 Å². The highest BCUT2D eigenvalue weighted by molar-refractivity contribution is 5.96. The molecule has 0 aliphatic rings. The van der Waals surface area contributed by atoms with E-state index < -0.39 is 0 Å². The average Bonchev–Trinajstić information content (AvgIpc) is 2.91. The Hall–Kier alpha value is -2.81. The Morgan fingerprint density at radius 1 is 1.00 bits per heavy atom. The minimum atomic E-state index is 0.754. The molecule has 3 nitrogen and oxygen atoms in total. The first kappa shape index (κ1) is 12.9. The molecular weight excluding hydrogens is 270 g/mol. The molecule has 3 heteroatoms. The maximum absolute atomic E-state index is 5.94. The number of anilines is 1. The van der Waals surface area contributed by atoms with Crippen molar-refractivity contribution in [2.24, 2.45) is 0 Å². The smallest absolute Gasteiger partial charge is 0.137 e. The summed E-state index contributed by atoms with van der Waals surface area (Å²) < 4.78 is 2.10. The van der Waals surface area contributed by atoms with Crippen LogP contribution in [0.2, 0.25) is 0 Å². The van der Waals surface area contributed by atoms with Crippen LogP contribution in [0.5, 0.6) is 0 Å². The summed E-state index contributed by atoms with van der Waals surface area (Å²) in [4.78, 5) is 4.85. The number of hydrogen-bond donors (Lipinski definition) is 1. The lowest BCUT2D eigenvalue weighted by Crippen LogP contribution is -1.95. The molecule has 2 N–H and O–H groups in total. The Balaban J connectivity index is 2.08. The summed E-state index contributed by atoms with van der Waals surface area (Å²) in [5.41, 5.74) is 11.0. The van der Waals surface area contributed by atoms with Gasteiger partial charge in [-0.15, -0.1) is 0 Å². The first-order chi connectivity index (χ1) is 10.8. The van der Waals surface area contributed by atoms with E-state index >= 15 is 0 Å². The van der Waals surface area contributed by atoms with Crippen molar-refractivity contribution in [3.8, 4) is 11.3 Å². The zero-order valence-corrected chi connectivity index (χ0v) is 12.5. The number of fused-ring (bicyclic) bond motifs is 2. The summed E-state index contributed by atoms with van der Waals surface area (Å²) in [6, 6.07) is 18.7. The lowest BCUT2D eigenvalue weighted by molar-refractivity contribution is 0.999. The van der Waals surface area contributed by atoms with Crippen molar-refractivity contribution in [2.75, 3.05) is 5.73 Å². The van der Waals surface area contributed by atoms with E-state index in [9.17, 15) is 0 Å². The van der Waals surface area contributed by atoms with Crippen molar-refractivity contribution in [2.45, 2.75) is 13.3 Å². The SMILES string of the molecule is CCc1c(-c2cccc3ccccc23)nc2ccc(N)cn12. The molecule has 0 spiro atoms. The molecule has 0 unspecified atom stereocenters. The Morgan fingerprint density at radius 2 is 1.82 bits per heavy atom. The highest BCUT2D eigenvalue weighted by Gasteiger charge is 2.14. The summed E-state index contributed by atoms with van der Waals surface area (Å²) in [6.07, 6.45) is 2.86. The highest BCUT2D eigenvalue weighted by atomic mass is 15.0. The summed E-state index contributed by atoms with van der Waals surface area (Å²) >= 11 is 0. The Labute approximate surface area is 129 Å². The number of imidazole rings is 1. The Morgan fingerprint density at radius 3 is 2.68 bits per heavy atom. The fourth-order valence-electron chi connectivity index (χ4n) is 3.10. The van der Waals surface area contributed by atoms with Gasteiger partial charge in [0, 0.05) is 17.4 Å². The van der Waals surface area contributed by atoms with Gasteiger partial charge >= 0.3 is 0 Å². The van der Waals surface area contributed by atoms with Gasteiger partial charge < -0.3 is 10.1 Å². The zero-order chi connectivity index (χ0) is 15.1. The number of nitrogens with zero attached hydrogens (tertiary/aromatic N) is 2. The van der Waals surface area contributed by atoms with Crippen LogP contribution in [-0.2, 0) is 6.42 Å². The van der Waals surface area contributed by atoms with E-state index in [0.29, 0.717) is 0 Å². The van der Waals surface area contributed by atoms with E-state index in [2.05, 4.69) is 53.8 Å². The largest absolute Gasteiger partial charge is 0.398 e. The molecule has 0 atom stereocenters. The van der Waals surface area contributed by atoms with E-state index in [4.69, 9.17) is 10.7 Å². The van der Waals surface area contributed by atoms with Crippen LogP contribution in [0.25, 0.3) is 27.7 Å². The molecule has 22 heavy (non-hydrogen) atoms. The zero-order valence-electron chi connectivity index (χ0n) is 12.5. The molecule has 0 bridgehead atoms. The molecular formula is C19H17N3. The van der Waals surface area contributed by atoms with Crippen LogP contribution in [0.4, 0.5) is 5.69 Å². The van der Waals surface area contributed by atoms with Crippen molar-refractivity contribution in [3.63, 3.8) is 0 Å². The third kappa shape index (κ3) is 1.86. The molecule has 108 valence electrons. The minimum Gasteiger partial charge on any atom is -0.398 e. The van der Waals surface area contributed by atoms with Crippen LogP contribution in [-0.4, -0.2) is 9.38 Å². The molecule has 0 saturated carbocycles. The minimum absolute atomic E-state index is 0.754. The summed E-state index contributed by atoms with van der Waals surface area (Å²) in [6.45, 7) is 2.15. The normalized spacial score (nSPS) is 11.3. The lowest BCUT2D eigenvalue weighted by Gasteiger charge is -2.06. The standard InChI is InChI=1S/C19H17N3/c1-2-17-19(21-18-11-10-14(20)12-22(17)18)16-9-5-7-13-6-3-4-8-15(13)16/h3-12H,2,20H2,1H3. The monoisotopic (exact) mass is 287 g/mol. The lowest BCUT2D eigenvalue weighted by atomic mass is 10.0. The number of nitrogens with two attached hydrogens (primary N) is 1. The average molecular weight is 287 g/mol. The fraction of sp³-hybridized carbons (Fsp3) is 0.105. The fourth-order valence-corrected chi connectivity index (χ4v) is 3.10. The predicted molar refractivity (Wildman–Crippen MR) is 91.9 cm³/mol. The van der Waals surface area contributed by atoms with Crippen LogP contribution in [0.1, 0.15) is 12.6 Å². The summed E-state index contributed by atoms with van der Waals surface area (Å²) in [7, 11) is 0. The Bertz CT molecular complexity index is 977. The van der Waals surface area contributed by atoms with E-state index in [1.54, 1.807) is 0 Å². The number of hydrogen-bond acceptors (Lipinski definition) is 2. The number of benzene rings is 2. The van der Waals surface area contributed by atoms with Gasteiger partial charge in [-0.05, 0) is 29.3 Å². The number of rotatable bonds is 2. The molecule has 0 aliphatic heterocycles. The van der Waals surface area contributed by atoms with Gasteiger partial charge in [0.25, 0.3) is 0 Å². The van der Waals surface area contributed by atoms with E-state index in [1.807, 2.05) is 18.3 Å². The van der Waals surface area contributed by atoms with Crippen molar-refractivity contribution in [3.05, 3.63) is 66.5 Å². The molecule has 2 aromatic carbocycles. The van der Waals surface area contributed by atoms with Crippen LogP contribution < -0.4 is 5.73 Å². The van der Waals surface area contributed by atoms with Crippen LogP contribution in [0.3, 0.4) is 0 Å². The van der Waals surface area contributed by atoms with Crippen molar-refractivity contribution >= 4 is 22.1 Å². The van der Waals surface area contributed by atoms with Gasteiger partial charge in [-0.25, -0.2) is 4.98 Å². The van der Waals surface area contributed by atoms with Gasteiger partial charge in [0.1, 0.15) is 5.65 Å². The van der Waals surface area contributed by atoms with Gasteiger partial charge in [0.15, 0.2) is 0 Å². The molecule has 0 radical (unpaired) electrons. The second-order valence-electron chi connectivity index (χ2n) is 5.48. The number of pyridine rings is 1. The second-order valence-corrected chi connectivity index (χ2v) is 5.48. The maximum Gasteiger partial charge on any atom is 0.137 e. The van der Waals surface area contributed by atoms with E-state index in [-0.39, 0.29) is 0 Å². The van der Waals surface area contributed by atoms with Crippen LogP contribution in [0, 0.1) is 0 Å². The summed E-state index contributed by atoms with van der Waals surface area (Å²) in [5.74, 6) is 0. The quantitative estimate of drug-likeness (QED) is 0.597. The summed E-state index contributed by atoms with van der Waals surface area (Å²) in [5, 5.41) is 2.47. The van der Waals surface area contributed by atoms with Gasteiger partial charge in [-0.1, -0.05) is 49.4 Å². The van der Waals surface area contributed by atoms with Crippen LogP contribution >= 0.6 is 0 Å². The second kappa shape index (κ2) is 4.88. The molecule has 0 saturated heterocycles. The first-order valence-corrected chi connectivity index (χ1v) is 7.52. The predicted octanol–water partition coefficient (Wildman–Crippen LogP) is 4.30. The molecule has 2 heterocycles. The number of aryl methyl sites for hydroxylation is 1. The van der Waals surface area contributed by atoms with Crippen molar-refractivity contribution in [1.29, 1.82) is 0 Å². The van der Waals surface area contributed by atoms with Gasteiger partial charge in [-0.2, -0.15) is 0 Å². The Kier molecular flexibility index (Phi) is 2.86. The molecule has 4 aromatic rings. The molecule has 0 aliphatic carbocycles. The van der Waals surface area contributed by atoms with Gasteiger partial charge in [-0.3, -0.25) is 0 Å². The molecule has 4 rings (SSSR count). The van der Waals surface area contributed by atoms with Gasteiger partial charge in [0.2, 0.25) is 0 Å².